The Hall–Kier alpha value is -3.11. The maximum atomic E-state index is 13.3. The Labute approximate surface area is 189 Å². The second-order valence-electron chi connectivity index (χ2n) is 6.47. The molecule has 3 rings (SSSR count). The number of nitrogens with one attached hydrogen (secondary N) is 1. The number of alkyl halides is 2. The van der Waals surface area contributed by atoms with Crippen molar-refractivity contribution < 1.29 is 26.7 Å². The smallest absolute Gasteiger partial charge is 0.288 e. The molecule has 3 aromatic rings. The topological polar surface area (TPSA) is 75.7 Å². The molecule has 6 nitrogen and oxygen atoms in total. The molecule has 0 unspecified atom stereocenters. The monoisotopic (exact) mass is 478 g/mol. The molecule has 0 radical (unpaired) electrons. The van der Waals surface area contributed by atoms with Crippen LogP contribution in [0, 0.1) is 0 Å². The molecule has 0 fully saturated rings. The molecule has 1 N–H and O–H groups in total. The molecular weight excluding hydrogens is 458 g/mol. The molecule has 168 valence electrons. The van der Waals surface area contributed by atoms with Crippen molar-refractivity contribution in [1.29, 1.82) is 0 Å². The summed E-state index contributed by atoms with van der Waals surface area (Å²) in [6.45, 7) is -0.489. The molecule has 10 heteroatoms. The summed E-state index contributed by atoms with van der Waals surface area (Å²) in [5, 5.41) is 2.60. The van der Waals surface area contributed by atoms with Crippen molar-refractivity contribution in [3.05, 3.63) is 78.9 Å². The van der Waals surface area contributed by atoms with Gasteiger partial charge in [-0.15, -0.1) is 0 Å². The Morgan fingerprint density at radius 1 is 1.00 bits per heavy atom. The summed E-state index contributed by atoms with van der Waals surface area (Å²) in [6, 6.07) is 19.9. The SMILES string of the molecule is COc1ccc(N(CC(=O)Nc2ccc(SC(F)F)cc2)S(=O)(=O)c2ccccc2)cc1. The minimum absolute atomic E-state index is 0.0389. The lowest BCUT2D eigenvalue weighted by molar-refractivity contribution is -0.114. The number of hydrogen-bond acceptors (Lipinski definition) is 5. The Balaban J connectivity index is 1.84. The minimum atomic E-state index is -4.04. The number of hydrogen-bond donors (Lipinski definition) is 1. The third kappa shape index (κ3) is 5.98. The van der Waals surface area contributed by atoms with Crippen molar-refractivity contribution in [3.63, 3.8) is 0 Å². The molecule has 0 aromatic heterocycles. The first-order valence-electron chi connectivity index (χ1n) is 9.36. The summed E-state index contributed by atoms with van der Waals surface area (Å²) in [5.41, 5.74) is 0.647. The lowest BCUT2D eigenvalue weighted by Gasteiger charge is -2.24. The normalized spacial score (nSPS) is 11.2. The van der Waals surface area contributed by atoms with E-state index < -0.39 is 28.2 Å². The van der Waals surface area contributed by atoms with Crippen LogP contribution in [0.2, 0.25) is 0 Å². The van der Waals surface area contributed by atoms with Crippen LogP contribution in [0.1, 0.15) is 0 Å². The third-order valence-corrected chi connectivity index (χ3v) is 6.85. The number of halogens is 2. The van der Waals surface area contributed by atoms with Gasteiger partial charge in [0.1, 0.15) is 12.3 Å². The fourth-order valence-electron chi connectivity index (χ4n) is 2.83. The molecule has 0 aliphatic carbocycles. The molecule has 0 spiro atoms. The highest BCUT2D eigenvalue weighted by Gasteiger charge is 2.27. The first-order valence-corrected chi connectivity index (χ1v) is 11.7. The summed E-state index contributed by atoms with van der Waals surface area (Å²) in [4.78, 5) is 13.1. The lowest BCUT2D eigenvalue weighted by atomic mass is 10.3. The number of benzene rings is 3. The predicted octanol–water partition coefficient (Wildman–Crippen LogP) is 4.84. The first kappa shape index (κ1) is 23.6. The van der Waals surface area contributed by atoms with E-state index in [2.05, 4.69) is 5.32 Å². The van der Waals surface area contributed by atoms with E-state index in [1.807, 2.05) is 0 Å². The van der Waals surface area contributed by atoms with Gasteiger partial charge in [-0.1, -0.05) is 30.0 Å². The number of methoxy groups -OCH3 is 1. The number of nitrogens with zero attached hydrogens (tertiary/aromatic N) is 1. The Morgan fingerprint density at radius 3 is 2.19 bits per heavy atom. The van der Waals surface area contributed by atoms with Gasteiger partial charge in [0.25, 0.3) is 15.8 Å². The molecule has 0 bridgehead atoms. The number of thioether (sulfide) groups is 1. The second kappa shape index (κ2) is 10.5. The quantitative estimate of drug-likeness (QED) is 0.445. The number of rotatable bonds is 9. The van der Waals surface area contributed by atoms with Gasteiger partial charge in [-0.25, -0.2) is 8.42 Å². The third-order valence-electron chi connectivity index (χ3n) is 4.34. The molecule has 3 aromatic carbocycles. The van der Waals surface area contributed by atoms with Crippen LogP contribution >= 0.6 is 11.8 Å². The van der Waals surface area contributed by atoms with Gasteiger partial charge < -0.3 is 10.1 Å². The zero-order chi connectivity index (χ0) is 23.1. The van der Waals surface area contributed by atoms with Crippen LogP contribution < -0.4 is 14.4 Å². The van der Waals surface area contributed by atoms with Crippen molar-refractivity contribution in [3.8, 4) is 5.75 Å². The minimum Gasteiger partial charge on any atom is -0.497 e. The fraction of sp³-hybridized carbons (Fsp3) is 0.136. The van der Waals surface area contributed by atoms with Crippen LogP contribution in [-0.2, 0) is 14.8 Å². The standard InChI is InChI=1S/C22H20F2N2O4S2/c1-30-18-11-9-17(10-12-18)26(32(28,29)20-5-3-2-4-6-20)15-21(27)25-16-7-13-19(14-8-16)31-22(23)24/h2-14,22H,15H2,1H3,(H,25,27). The molecule has 0 aliphatic rings. The number of anilines is 2. The van der Waals surface area contributed by atoms with E-state index in [-0.39, 0.29) is 10.6 Å². The highest BCUT2D eigenvalue weighted by molar-refractivity contribution is 7.99. The highest BCUT2D eigenvalue weighted by atomic mass is 32.2. The van der Waals surface area contributed by atoms with Gasteiger partial charge in [0.2, 0.25) is 5.91 Å². The Kier molecular flexibility index (Phi) is 7.70. The average Bonchev–Trinajstić information content (AvgIpc) is 2.79. The van der Waals surface area contributed by atoms with E-state index in [0.29, 0.717) is 28.1 Å². The van der Waals surface area contributed by atoms with E-state index in [4.69, 9.17) is 4.74 Å². The van der Waals surface area contributed by atoms with Crippen LogP contribution in [0.3, 0.4) is 0 Å². The molecule has 0 saturated heterocycles. The molecule has 0 heterocycles. The zero-order valence-corrected chi connectivity index (χ0v) is 18.6. The Morgan fingerprint density at radius 2 is 1.62 bits per heavy atom. The summed E-state index contributed by atoms with van der Waals surface area (Å²) in [6.07, 6.45) is 0. The first-order chi connectivity index (χ1) is 15.3. The van der Waals surface area contributed by atoms with Gasteiger partial charge in [0.15, 0.2) is 0 Å². The van der Waals surface area contributed by atoms with E-state index in [1.165, 1.54) is 43.5 Å². The van der Waals surface area contributed by atoms with Crippen LogP contribution in [-0.4, -0.2) is 33.7 Å². The predicted molar refractivity (Wildman–Crippen MR) is 121 cm³/mol. The summed E-state index contributed by atoms with van der Waals surface area (Å²) in [5.74, 6) is -2.59. The van der Waals surface area contributed by atoms with Gasteiger partial charge in [-0.05, 0) is 60.7 Å². The summed E-state index contributed by atoms with van der Waals surface area (Å²) >= 11 is 0.394. The van der Waals surface area contributed by atoms with Gasteiger partial charge in [-0.2, -0.15) is 8.78 Å². The molecule has 0 atom stereocenters. The number of amides is 1. The van der Waals surface area contributed by atoms with Gasteiger partial charge in [-0.3, -0.25) is 9.10 Å². The van der Waals surface area contributed by atoms with Crippen LogP contribution in [0.25, 0.3) is 0 Å². The van der Waals surface area contributed by atoms with Crippen molar-refractivity contribution in [2.24, 2.45) is 0 Å². The van der Waals surface area contributed by atoms with Crippen molar-refractivity contribution in [1.82, 2.24) is 0 Å². The number of sulfonamides is 1. The molecule has 0 saturated carbocycles. The van der Waals surface area contributed by atoms with Crippen molar-refractivity contribution in [2.45, 2.75) is 15.5 Å². The van der Waals surface area contributed by atoms with Crippen LogP contribution in [0.4, 0.5) is 20.2 Å². The van der Waals surface area contributed by atoms with Gasteiger partial charge >= 0.3 is 0 Å². The molecular formula is C22H20F2N2O4S2. The zero-order valence-electron chi connectivity index (χ0n) is 16.9. The van der Waals surface area contributed by atoms with Crippen molar-refractivity contribution in [2.75, 3.05) is 23.3 Å². The molecule has 0 aliphatic heterocycles. The summed E-state index contributed by atoms with van der Waals surface area (Å²) in [7, 11) is -2.54. The van der Waals surface area contributed by atoms with Crippen LogP contribution in [0.5, 0.6) is 5.75 Å². The summed E-state index contributed by atoms with van der Waals surface area (Å²) < 4.78 is 57.6. The van der Waals surface area contributed by atoms with E-state index in [9.17, 15) is 22.0 Å². The maximum absolute atomic E-state index is 13.3. The van der Waals surface area contributed by atoms with E-state index >= 15 is 0 Å². The molecule has 1 amide bonds. The lowest BCUT2D eigenvalue weighted by Crippen LogP contribution is -2.38. The second-order valence-corrected chi connectivity index (χ2v) is 9.40. The molecule has 32 heavy (non-hydrogen) atoms. The van der Waals surface area contributed by atoms with E-state index in [1.54, 1.807) is 42.5 Å². The Bertz CT molecular complexity index is 1140. The van der Waals surface area contributed by atoms with Gasteiger partial charge in [0, 0.05) is 10.6 Å². The number of ether oxygens (including phenoxy) is 1. The fourth-order valence-corrected chi connectivity index (χ4v) is 4.77. The highest BCUT2D eigenvalue weighted by Crippen LogP contribution is 2.27. The van der Waals surface area contributed by atoms with Gasteiger partial charge in [0.05, 0.1) is 17.7 Å². The largest absolute Gasteiger partial charge is 0.497 e. The number of carbonyl (C=O) groups excluding carboxylic acids is 1. The average molecular weight is 479 g/mol. The van der Waals surface area contributed by atoms with Crippen LogP contribution in [0.15, 0.2) is 88.7 Å². The maximum Gasteiger partial charge on any atom is 0.288 e. The number of carbonyl (C=O) groups is 1. The van der Waals surface area contributed by atoms with E-state index in [0.717, 1.165) is 4.31 Å². The van der Waals surface area contributed by atoms with Crippen molar-refractivity contribution >= 4 is 39.1 Å².